The van der Waals surface area contributed by atoms with Gasteiger partial charge in [0, 0.05) is 7.05 Å². The molecule has 1 atom stereocenters. The Morgan fingerprint density at radius 2 is 1.85 bits per heavy atom. The summed E-state index contributed by atoms with van der Waals surface area (Å²) in [6, 6.07) is 7.08. The molecule has 1 amide bonds. The van der Waals surface area contributed by atoms with Crippen molar-refractivity contribution < 1.29 is 14.3 Å². The SMILES string of the molecule is CCOc1ccc(O[C@H](C)C(=O)NNC(=S)NC)cc1. The van der Waals surface area contributed by atoms with E-state index in [4.69, 9.17) is 21.7 Å². The number of amides is 1. The van der Waals surface area contributed by atoms with Crippen LogP contribution < -0.4 is 25.6 Å². The highest BCUT2D eigenvalue weighted by Crippen LogP contribution is 2.18. The minimum Gasteiger partial charge on any atom is -0.494 e. The van der Waals surface area contributed by atoms with Gasteiger partial charge in [-0.15, -0.1) is 0 Å². The van der Waals surface area contributed by atoms with Gasteiger partial charge >= 0.3 is 0 Å². The van der Waals surface area contributed by atoms with Crippen LogP contribution in [-0.4, -0.2) is 30.8 Å². The summed E-state index contributed by atoms with van der Waals surface area (Å²) >= 11 is 4.84. The molecule has 0 aliphatic rings. The van der Waals surface area contributed by atoms with E-state index in [1.807, 2.05) is 6.92 Å². The van der Waals surface area contributed by atoms with Gasteiger partial charge in [-0.1, -0.05) is 0 Å². The standard InChI is InChI=1S/C13H19N3O3S/c1-4-18-10-5-7-11(8-6-10)19-9(2)12(17)15-16-13(20)14-3/h5-9H,4H2,1-3H3,(H,15,17)(H2,14,16,20)/t9-/m1/s1. The zero-order chi connectivity index (χ0) is 15.0. The zero-order valence-corrected chi connectivity index (χ0v) is 12.5. The maximum Gasteiger partial charge on any atom is 0.279 e. The third kappa shape index (κ3) is 5.31. The van der Waals surface area contributed by atoms with Gasteiger partial charge in [0.1, 0.15) is 11.5 Å². The number of hydrogen-bond donors (Lipinski definition) is 3. The summed E-state index contributed by atoms with van der Waals surface area (Å²) in [5.74, 6) is 1.03. The van der Waals surface area contributed by atoms with Crippen molar-refractivity contribution in [2.45, 2.75) is 20.0 Å². The van der Waals surface area contributed by atoms with Crippen LogP contribution in [-0.2, 0) is 4.79 Å². The molecule has 6 nitrogen and oxygen atoms in total. The second kappa shape index (κ2) is 8.21. The predicted octanol–water partition coefficient (Wildman–Crippen LogP) is 0.978. The molecule has 20 heavy (non-hydrogen) atoms. The lowest BCUT2D eigenvalue weighted by Crippen LogP contribution is -2.49. The van der Waals surface area contributed by atoms with Crippen LogP contribution in [0.2, 0.25) is 0 Å². The molecule has 1 aromatic carbocycles. The number of carbonyl (C=O) groups is 1. The van der Waals surface area contributed by atoms with Crippen molar-refractivity contribution >= 4 is 23.2 Å². The largest absolute Gasteiger partial charge is 0.494 e. The molecule has 1 aromatic rings. The average molecular weight is 297 g/mol. The minimum absolute atomic E-state index is 0.323. The molecular weight excluding hydrogens is 278 g/mol. The second-order valence-electron chi connectivity index (χ2n) is 3.86. The smallest absolute Gasteiger partial charge is 0.279 e. The number of carbonyl (C=O) groups excluding carboxylic acids is 1. The van der Waals surface area contributed by atoms with Gasteiger partial charge in [0.05, 0.1) is 6.61 Å². The lowest BCUT2D eigenvalue weighted by atomic mass is 10.3. The molecule has 0 aliphatic carbocycles. The van der Waals surface area contributed by atoms with Crippen LogP contribution in [0.15, 0.2) is 24.3 Å². The van der Waals surface area contributed by atoms with Crippen LogP contribution in [0, 0.1) is 0 Å². The number of ether oxygens (including phenoxy) is 2. The molecule has 0 unspecified atom stereocenters. The number of benzene rings is 1. The van der Waals surface area contributed by atoms with E-state index in [1.165, 1.54) is 0 Å². The van der Waals surface area contributed by atoms with E-state index < -0.39 is 6.10 Å². The third-order valence-corrected chi connectivity index (χ3v) is 2.65. The molecule has 0 aliphatic heterocycles. The van der Waals surface area contributed by atoms with Gasteiger partial charge in [-0.05, 0) is 50.3 Å². The maximum absolute atomic E-state index is 11.7. The highest BCUT2D eigenvalue weighted by molar-refractivity contribution is 7.80. The first kappa shape index (κ1) is 16.0. The Labute approximate surface area is 123 Å². The molecular formula is C13H19N3O3S. The number of hydrogen-bond acceptors (Lipinski definition) is 4. The van der Waals surface area contributed by atoms with Crippen molar-refractivity contribution in [3.63, 3.8) is 0 Å². The van der Waals surface area contributed by atoms with Crippen molar-refractivity contribution in [3.8, 4) is 11.5 Å². The molecule has 3 N–H and O–H groups in total. The molecule has 0 aromatic heterocycles. The van der Waals surface area contributed by atoms with E-state index in [0.717, 1.165) is 5.75 Å². The Kier molecular flexibility index (Phi) is 6.58. The molecule has 0 spiro atoms. The first-order chi connectivity index (χ1) is 9.56. The minimum atomic E-state index is -0.653. The van der Waals surface area contributed by atoms with E-state index in [1.54, 1.807) is 38.2 Å². The van der Waals surface area contributed by atoms with Gasteiger partial charge in [-0.25, -0.2) is 0 Å². The average Bonchev–Trinajstić information content (AvgIpc) is 2.46. The van der Waals surface area contributed by atoms with Crippen LogP contribution >= 0.6 is 12.2 Å². The van der Waals surface area contributed by atoms with Crippen LogP contribution in [0.4, 0.5) is 0 Å². The summed E-state index contributed by atoms with van der Waals surface area (Å²) in [7, 11) is 1.65. The van der Waals surface area contributed by atoms with Gasteiger partial charge in [0.15, 0.2) is 11.2 Å². The summed E-state index contributed by atoms with van der Waals surface area (Å²) < 4.78 is 10.8. The quantitative estimate of drug-likeness (QED) is 0.556. The lowest BCUT2D eigenvalue weighted by Gasteiger charge is -2.16. The Morgan fingerprint density at radius 1 is 1.25 bits per heavy atom. The first-order valence-corrected chi connectivity index (χ1v) is 6.64. The first-order valence-electron chi connectivity index (χ1n) is 6.24. The van der Waals surface area contributed by atoms with E-state index in [2.05, 4.69) is 16.2 Å². The third-order valence-electron chi connectivity index (χ3n) is 2.34. The molecule has 1 rings (SSSR count). The van der Waals surface area contributed by atoms with Gasteiger partial charge in [-0.2, -0.15) is 0 Å². The zero-order valence-electron chi connectivity index (χ0n) is 11.7. The predicted molar refractivity (Wildman–Crippen MR) is 80.6 cm³/mol. The fourth-order valence-corrected chi connectivity index (χ4v) is 1.37. The Balaban J connectivity index is 2.46. The van der Waals surface area contributed by atoms with Crippen LogP contribution in [0.5, 0.6) is 11.5 Å². The summed E-state index contributed by atoms with van der Waals surface area (Å²) in [4.78, 5) is 11.7. The number of thiocarbonyl (C=S) groups is 1. The Morgan fingerprint density at radius 3 is 2.40 bits per heavy atom. The van der Waals surface area contributed by atoms with Crippen LogP contribution in [0.3, 0.4) is 0 Å². The molecule has 0 radical (unpaired) electrons. The molecule has 0 fully saturated rings. The monoisotopic (exact) mass is 297 g/mol. The highest BCUT2D eigenvalue weighted by Gasteiger charge is 2.14. The van der Waals surface area contributed by atoms with E-state index in [9.17, 15) is 4.79 Å². The van der Waals surface area contributed by atoms with Crippen molar-refractivity contribution in [1.29, 1.82) is 0 Å². The topological polar surface area (TPSA) is 71.6 Å². The second-order valence-corrected chi connectivity index (χ2v) is 4.27. The maximum atomic E-state index is 11.7. The molecule has 110 valence electrons. The summed E-state index contributed by atoms with van der Waals surface area (Å²) in [5, 5.41) is 3.00. The lowest BCUT2D eigenvalue weighted by molar-refractivity contribution is -0.127. The number of rotatable bonds is 5. The number of hydrazine groups is 1. The van der Waals surface area contributed by atoms with Gasteiger partial charge in [-0.3, -0.25) is 15.6 Å². The summed E-state index contributed by atoms with van der Waals surface area (Å²) in [6.07, 6.45) is -0.653. The molecule has 0 saturated carbocycles. The van der Waals surface area contributed by atoms with Crippen LogP contribution in [0.1, 0.15) is 13.8 Å². The molecule has 0 bridgehead atoms. The van der Waals surface area contributed by atoms with Gasteiger partial charge < -0.3 is 14.8 Å². The number of nitrogens with one attached hydrogen (secondary N) is 3. The van der Waals surface area contributed by atoms with Gasteiger partial charge in [0.25, 0.3) is 5.91 Å². The summed E-state index contributed by atoms with van der Waals surface area (Å²) in [5.41, 5.74) is 4.99. The van der Waals surface area contributed by atoms with Crippen molar-refractivity contribution in [2.75, 3.05) is 13.7 Å². The van der Waals surface area contributed by atoms with E-state index in [-0.39, 0.29) is 5.91 Å². The fraction of sp³-hybridized carbons (Fsp3) is 0.385. The Bertz CT molecular complexity index is 451. The molecule has 7 heteroatoms. The fourth-order valence-electron chi connectivity index (χ4n) is 1.32. The van der Waals surface area contributed by atoms with Crippen molar-refractivity contribution in [1.82, 2.24) is 16.2 Å². The molecule has 0 heterocycles. The van der Waals surface area contributed by atoms with E-state index in [0.29, 0.717) is 17.5 Å². The van der Waals surface area contributed by atoms with Gasteiger partial charge in [0.2, 0.25) is 0 Å². The van der Waals surface area contributed by atoms with Crippen molar-refractivity contribution in [2.24, 2.45) is 0 Å². The van der Waals surface area contributed by atoms with Crippen LogP contribution in [0.25, 0.3) is 0 Å². The van der Waals surface area contributed by atoms with E-state index >= 15 is 0 Å². The Hall–Kier alpha value is -2.02. The normalized spacial score (nSPS) is 11.2. The molecule has 0 saturated heterocycles. The summed E-state index contributed by atoms with van der Waals surface area (Å²) in [6.45, 7) is 4.17. The van der Waals surface area contributed by atoms with Crippen molar-refractivity contribution in [3.05, 3.63) is 24.3 Å². The highest BCUT2D eigenvalue weighted by atomic mass is 32.1.